The van der Waals surface area contributed by atoms with Crippen LogP contribution in [0, 0.1) is 12.3 Å². The van der Waals surface area contributed by atoms with E-state index in [2.05, 4.69) is 13.8 Å². The molecular weight excluding hydrogens is 240 g/mol. The van der Waals surface area contributed by atoms with Crippen LogP contribution in [0.25, 0.3) is 0 Å². The van der Waals surface area contributed by atoms with E-state index < -0.39 is 0 Å². The van der Waals surface area contributed by atoms with Crippen LogP contribution in [0.5, 0.6) is 11.5 Å². The summed E-state index contributed by atoms with van der Waals surface area (Å²) in [6.07, 6.45) is 2.16. The van der Waals surface area contributed by atoms with Crippen LogP contribution in [-0.4, -0.2) is 24.4 Å². The van der Waals surface area contributed by atoms with Crippen LogP contribution < -0.4 is 9.47 Å². The van der Waals surface area contributed by atoms with Crippen LogP contribution >= 0.6 is 0 Å². The van der Waals surface area contributed by atoms with Crippen LogP contribution in [0.3, 0.4) is 0 Å². The molecule has 3 heteroatoms. The Morgan fingerprint density at radius 1 is 1.26 bits per heavy atom. The lowest BCUT2D eigenvalue weighted by molar-refractivity contribution is -0.0313. The Kier molecular flexibility index (Phi) is 4.04. The summed E-state index contributed by atoms with van der Waals surface area (Å²) in [4.78, 5) is 0. The van der Waals surface area contributed by atoms with Crippen LogP contribution in [0.15, 0.2) is 18.2 Å². The third kappa shape index (κ3) is 3.41. The summed E-state index contributed by atoms with van der Waals surface area (Å²) in [7, 11) is 1.64. The van der Waals surface area contributed by atoms with E-state index in [4.69, 9.17) is 9.47 Å². The van der Waals surface area contributed by atoms with E-state index in [-0.39, 0.29) is 17.6 Å². The molecule has 0 radical (unpaired) electrons. The minimum absolute atomic E-state index is 0.152. The molecule has 1 aromatic rings. The Balaban J connectivity index is 2.15. The highest BCUT2D eigenvalue weighted by atomic mass is 16.5. The van der Waals surface area contributed by atoms with Gasteiger partial charge in [-0.1, -0.05) is 19.9 Å². The lowest BCUT2D eigenvalue weighted by Gasteiger charge is -2.38. The highest BCUT2D eigenvalue weighted by molar-refractivity contribution is 5.42. The zero-order valence-electron chi connectivity index (χ0n) is 12.3. The van der Waals surface area contributed by atoms with Crippen LogP contribution in [0.4, 0.5) is 0 Å². The normalized spacial score (nSPS) is 25.9. The SMILES string of the molecule is COc1cc(C)ccc1OC1CC(C)(C)CCC1O. The summed E-state index contributed by atoms with van der Waals surface area (Å²) in [5.74, 6) is 1.45. The molecule has 0 spiro atoms. The largest absolute Gasteiger partial charge is 0.493 e. The van der Waals surface area contributed by atoms with Gasteiger partial charge in [0.15, 0.2) is 11.5 Å². The number of aryl methyl sites for hydroxylation is 1. The van der Waals surface area contributed by atoms with Gasteiger partial charge in [0.25, 0.3) is 0 Å². The number of hydrogen-bond acceptors (Lipinski definition) is 3. The highest BCUT2D eigenvalue weighted by Crippen LogP contribution is 2.38. The topological polar surface area (TPSA) is 38.7 Å². The van der Waals surface area contributed by atoms with Crippen molar-refractivity contribution in [1.82, 2.24) is 0 Å². The average Bonchev–Trinajstić information content (AvgIpc) is 2.35. The lowest BCUT2D eigenvalue weighted by atomic mass is 9.75. The molecular formula is C16H24O3. The molecule has 2 unspecified atom stereocenters. The standard InChI is InChI=1S/C16H24O3/c1-11-5-6-13(14(9-11)18-4)19-15-10-16(2,3)8-7-12(15)17/h5-6,9,12,15,17H,7-8,10H2,1-4H3. The Bertz CT molecular complexity index is 440. The molecule has 3 nitrogen and oxygen atoms in total. The van der Waals surface area contributed by atoms with Gasteiger partial charge < -0.3 is 14.6 Å². The molecule has 2 rings (SSSR count). The number of methoxy groups -OCH3 is 1. The first kappa shape index (κ1) is 14.2. The van der Waals surface area contributed by atoms with Crippen molar-refractivity contribution in [3.63, 3.8) is 0 Å². The molecule has 1 aromatic carbocycles. The van der Waals surface area contributed by atoms with Gasteiger partial charge in [0, 0.05) is 0 Å². The number of aliphatic hydroxyl groups excluding tert-OH is 1. The summed E-state index contributed by atoms with van der Waals surface area (Å²) < 4.78 is 11.4. The molecule has 0 aliphatic heterocycles. The number of hydrogen-bond donors (Lipinski definition) is 1. The van der Waals surface area contributed by atoms with Gasteiger partial charge in [-0.25, -0.2) is 0 Å². The molecule has 1 saturated carbocycles. The molecule has 1 fully saturated rings. The molecule has 0 amide bonds. The first-order chi connectivity index (χ1) is 8.91. The third-order valence-corrected chi connectivity index (χ3v) is 3.90. The molecule has 0 bridgehead atoms. The Labute approximate surface area is 115 Å². The molecule has 1 aliphatic carbocycles. The minimum atomic E-state index is -0.390. The Hall–Kier alpha value is -1.22. The van der Waals surface area contributed by atoms with Gasteiger partial charge in [-0.3, -0.25) is 0 Å². The smallest absolute Gasteiger partial charge is 0.161 e. The average molecular weight is 264 g/mol. The van der Waals surface area contributed by atoms with Gasteiger partial charge in [-0.15, -0.1) is 0 Å². The van der Waals surface area contributed by atoms with Gasteiger partial charge in [0.1, 0.15) is 6.10 Å². The summed E-state index contributed by atoms with van der Waals surface area (Å²) in [5.41, 5.74) is 1.36. The van der Waals surface area contributed by atoms with E-state index in [1.165, 1.54) is 0 Å². The number of aliphatic hydroxyl groups is 1. The molecule has 2 atom stereocenters. The fraction of sp³-hybridized carbons (Fsp3) is 0.625. The maximum Gasteiger partial charge on any atom is 0.161 e. The zero-order chi connectivity index (χ0) is 14.0. The third-order valence-electron chi connectivity index (χ3n) is 3.90. The molecule has 0 heterocycles. The minimum Gasteiger partial charge on any atom is -0.493 e. The molecule has 0 aromatic heterocycles. The van der Waals surface area contributed by atoms with Crippen LogP contribution in [0.1, 0.15) is 38.7 Å². The van der Waals surface area contributed by atoms with Crippen molar-refractivity contribution in [3.05, 3.63) is 23.8 Å². The van der Waals surface area contributed by atoms with Gasteiger partial charge >= 0.3 is 0 Å². The van der Waals surface area contributed by atoms with E-state index in [9.17, 15) is 5.11 Å². The first-order valence-corrected chi connectivity index (χ1v) is 6.91. The summed E-state index contributed by atoms with van der Waals surface area (Å²) in [6, 6.07) is 5.87. The Morgan fingerprint density at radius 3 is 2.68 bits per heavy atom. The monoisotopic (exact) mass is 264 g/mol. The lowest BCUT2D eigenvalue weighted by Crippen LogP contribution is -2.41. The first-order valence-electron chi connectivity index (χ1n) is 6.91. The van der Waals surface area contributed by atoms with Crippen molar-refractivity contribution < 1.29 is 14.6 Å². The van der Waals surface area contributed by atoms with Crippen molar-refractivity contribution in [3.8, 4) is 11.5 Å². The maximum atomic E-state index is 10.1. The van der Waals surface area contributed by atoms with E-state index in [1.54, 1.807) is 7.11 Å². The van der Waals surface area contributed by atoms with E-state index in [0.717, 1.165) is 36.3 Å². The number of rotatable bonds is 3. The number of benzene rings is 1. The second kappa shape index (κ2) is 5.41. The predicted octanol–water partition coefficient (Wildman–Crippen LogP) is 3.32. The van der Waals surface area contributed by atoms with Gasteiger partial charge in [-0.05, 0) is 49.3 Å². The second-order valence-electron chi connectivity index (χ2n) is 6.28. The predicted molar refractivity (Wildman–Crippen MR) is 75.8 cm³/mol. The van der Waals surface area contributed by atoms with Gasteiger partial charge in [0.2, 0.25) is 0 Å². The summed E-state index contributed by atoms with van der Waals surface area (Å²) in [6.45, 7) is 6.47. The second-order valence-corrected chi connectivity index (χ2v) is 6.28. The van der Waals surface area contributed by atoms with Crippen LogP contribution in [-0.2, 0) is 0 Å². The van der Waals surface area contributed by atoms with Gasteiger partial charge in [0.05, 0.1) is 13.2 Å². The quantitative estimate of drug-likeness (QED) is 0.910. The summed E-state index contributed by atoms with van der Waals surface area (Å²) in [5, 5.41) is 10.1. The van der Waals surface area contributed by atoms with Crippen LogP contribution in [0.2, 0.25) is 0 Å². The van der Waals surface area contributed by atoms with Crippen molar-refractivity contribution in [2.45, 2.75) is 52.2 Å². The van der Waals surface area contributed by atoms with E-state index in [0.29, 0.717) is 0 Å². The highest BCUT2D eigenvalue weighted by Gasteiger charge is 2.35. The fourth-order valence-corrected chi connectivity index (χ4v) is 2.66. The van der Waals surface area contributed by atoms with E-state index >= 15 is 0 Å². The molecule has 1 aliphatic rings. The molecule has 106 valence electrons. The van der Waals surface area contributed by atoms with Gasteiger partial charge in [-0.2, -0.15) is 0 Å². The van der Waals surface area contributed by atoms with E-state index in [1.807, 2.05) is 25.1 Å². The van der Waals surface area contributed by atoms with Crippen molar-refractivity contribution in [1.29, 1.82) is 0 Å². The fourth-order valence-electron chi connectivity index (χ4n) is 2.66. The molecule has 19 heavy (non-hydrogen) atoms. The van der Waals surface area contributed by atoms with Crippen molar-refractivity contribution in [2.24, 2.45) is 5.41 Å². The zero-order valence-corrected chi connectivity index (χ0v) is 12.3. The molecule has 0 saturated heterocycles. The summed E-state index contributed by atoms with van der Waals surface area (Å²) >= 11 is 0. The van der Waals surface area contributed by atoms with Crippen molar-refractivity contribution in [2.75, 3.05) is 7.11 Å². The Morgan fingerprint density at radius 2 is 2.00 bits per heavy atom. The number of ether oxygens (including phenoxy) is 2. The molecule has 1 N–H and O–H groups in total. The van der Waals surface area contributed by atoms with Crippen molar-refractivity contribution >= 4 is 0 Å². The maximum absolute atomic E-state index is 10.1.